The number of carbonyl (C=O) groups excluding carboxylic acids is 1. The molecule has 2 atom stereocenters. The Balaban J connectivity index is 1.66. The Labute approximate surface area is 143 Å². The number of morpholine rings is 1. The molecule has 2 aliphatic rings. The fourth-order valence-corrected chi connectivity index (χ4v) is 3.05. The van der Waals surface area contributed by atoms with Gasteiger partial charge in [-0.05, 0) is 19.8 Å². The number of rotatable bonds is 3. The van der Waals surface area contributed by atoms with Crippen molar-refractivity contribution in [3.05, 3.63) is 35.0 Å². The van der Waals surface area contributed by atoms with Crippen molar-refractivity contribution in [3.63, 3.8) is 0 Å². The van der Waals surface area contributed by atoms with Crippen LogP contribution in [0.25, 0.3) is 0 Å². The van der Waals surface area contributed by atoms with Crippen molar-refractivity contribution in [1.82, 2.24) is 25.0 Å². The highest BCUT2D eigenvalue weighted by atomic mass is 35.5. The summed E-state index contributed by atoms with van der Waals surface area (Å²) >= 11 is 6.07. The summed E-state index contributed by atoms with van der Waals surface area (Å²) in [6, 6.07) is -0.461. The summed E-state index contributed by atoms with van der Waals surface area (Å²) in [4.78, 5) is 26.8. The summed E-state index contributed by atoms with van der Waals surface area (Å²) < 4.78 is 11.1. The van der Waals surface area contributed by atoms with Crippen LogP contribution in [0.15, 0.2) is 17.0 Å². The van der Waals surface area contributed by atoms with Gasteiger partial charge in [-0.1, -0.05) is 16.8 Å². The van der Waals surface area contributed by atoms with E-state index in [-0.39, 0.29) is 22.7 Å². The minimum atomic E-state index is -0.461. The summed E-state index contributed by atoms with van der Waals surface area (Å²) in [6.07, 6.45) is 4.59. The van der Waals surface area contributed by atoms with Gasteiger partial charge < -0.3 is 14.2 Å². The molecule has 1 aliphatic carbocycles. The van der Waals surface area contributed by atoms with Crippen molar-refractivity contribution in [2.45, 2.75) is 37.8 Å². The van der Waals surface area contributed by atoms with Gasteiger partial charge >= 0.3 is 0 Å². The van der Waals surface area contributed by atoms with Gasteiger partial charge in [0.05, 0.1) is 17.7 Å². The van der Waals surface area contributed by atoms with E-state index in [0.717, 1.165) is 12.8 Å². The Kier molecular flexibility index (Phi) is 3.93. The number of hydrogen-bond acceptors (Lipinski definition) is 7. The lowest BCUT2D eigenvalue weighted by atomic mass is 10.1. The first-order valence-corrected chi connectivity index (χ1v) is 8.24. The smallest absolute Gasteiger partial charge is 0.274 e. The maximum absolute atomic E-state index is 12.9. The minimum Gasteiger partial charge on any atom is -0.374 e. The molecule has 0 unspecified atom stereocenters. The average Bonchev–Trinajstić information content (AvgIpc) is 3.32. The lowest BCUT2D eigenvalue weighted by molar-refractivity contribution is -0.0602. The number of halogens is 1. The van der Waals surface area contributed by atoms with Crippen molar-refractivity contribution in [2.24, 2.45) is 0 Å². The average molecular weight is 350 g/mol. The SMILES string of the molecule is C[C@H]1OCCN(C(=O)c2ncncc2Cl)[C@@H]1c1nc(C2CC2)no1. The van der Waals surface area contributed by atoms with Crippen LogP contribution in [0.3, 0.4) is 0 Å². The monoisotopic (exact) mass is 349 g/mol. The number of amides is 1. The second-order valence-corrected chi connectivity index (χ2v) is 6.41. The lowest BCUT2D eigenvalue weighted by Gasteiger charge is -2.37. The van der Waals surface area contributed by atoms with Crippen molar-refractivity contribution in [1.29, 1.82) is 0 Å². The zero-order valence-electron chi connectivity index (χ0n) is 13.1. The number of aromatic nitrogens is 4. The van der Waals surface area contributed by atoms with E-state index in [1.165, 1.54) is 12.5 Å². The predicted octanol–water partition coefficient (Wildman–Crippen LogP) is 1.99. The Hall–Kier alpha value is -2.06. The highest BCUT2D eigenvalue weighted by Crippen LogP contribution is 2.39. The molecule has 0 N–H and O–H groups in total. The molecule has 0 spiro atoms. The van der Waals surface area contributed by atoms with Gasteiger partial charge in [0.1, 0.15) is 18.1 Å². The molecule has 0 bridgehead atoms. The number of hydrogen-bond donors (Lipinski definition) is 0. The Bertz CT molecular complexity index is 763. The van der Waals surface area contributed by atoms with Gasteiger partial charge in [-0.2, -0.15) is 4.98 Å². The third-order valence-electron chi connectivity index (χ3n) is 4.28. The molecule has 2 fully saturated rings. The van der Waals surface area contributed by atoms with Gasteiger partial charge in [0, 0.05) is 18.7 Å². The maximum atomic E-state index is 12.9. The van der Waals surface area contributed by atoms with Gasteiger partial charge in [0.25, 0.3) is 11.8 Å². The Morgan fingerprint density at radius 1 is 1.42 bits per heavy atom. The number of nitrogens with zero attached hydrogens (tertiary/aromatic N) is 5. The first-order valence-electron chi connectivity index (χ1n) is 7.86. The zero-order chi connectivity index (χ0) is 16.7. The van der Waals surface area contributed by atoms with Gasteiger partial charge in [-0.15, -0.1) is 0 Å². The van der Waals surface area contributed by atoms with Crippen LogP contribution in [0.2, 0.25) is 5.02 Å². The fraction of sp³-hybridized carbons (Fsp3) is 0.533. The normalized spacial score (nSPS) is 24.2. The Morgan fingerprint density at radius 2 is 2.25 bits per heavy atom. The van der Waals surface area contributed by atoms with Crippen LogP contribution >= 0.6 is 11.6 Å². The summed E-state index contributed by atoms with van der Waals surface area (Å²) in [6.45, 7) is 2.71. The predicted molar refractivity (Wildman–Crippen MR) is 82.5 cm³/mol. The second-order valence-electron chi connectivity index (χ2n) is 6.00. The molecule has 24 heavy (non-hydrogen) atoms. The summed E-state index contributed by atoms with van der Waals surface area (Å²) in [5, 5.41) is 4.25. The van der Waals surface area contributed by atoms with Crippen molar-refractivity contribution >= 4 is 17.5 Å². The van der Waals surface area contributed by atoms with E-state index in [0.29, 0.717) is 30.8 Å². The first-order chi connectivity index (χ1) is 11.6. The van der Waals surface area contributed by atoms with E-state index < -0.39 is 6.04 Å². The van der Waals surface area contributed by atoms with E-state index >= 15 is 0 Å². The van der Waals surface area contributed by atoms with Gasteiger partial charge in [0.15, 0.2) is 5.82 Å². The van der Waals surface area contributed by atoms with Crippen LogP contribution in [-0.4, -0.2) is 50.2 Å². The molecule has 0 aromatic carbocycles. The molecular formula is C15H16ClN5O3. The maximum Gasteiger partial charge on any atom is 0.274 e. The number of carbonyl (C=O) groups is 1. The molecule has 8 nitrogen and oxygen atoms in total. The van der Waals surface area contributed by atoms with E-state index in [4.69, 9.17) is 20.9 Å². The third-order valence-corrected chi connectivity index (χ3v) is 4.55. The first kappa shape index (κ1) is 15.5. The molecule has 126 valence electrons. The topological polar surface area (TPSA) is 94.2 Å². The van der Waals surface area contributed by atoms with Crippen LogP contribution in [-0.2, 0) is 4.74 Å². The van der Waals surface area contributed by atoms with Crippen LogP contribution < -0.4 is 0 Å². The van der Waals surface area contributed by atoms with Crippen LogP contribution in [0.4, 0.5) is 0 Å². The molecule has 2 aromatic rings. The summed E-state index contributed by atoms with van der Waals surface area (Å²) in [5.41, 5.74) is 0.160. The highest BCUT2D eigenvalue weighted by molar-refractivity contribution is 6.33. The second kappa shape index (κ2) is 6.10. The number of ether oxygens (including phenoxy) is 1. The molecule has 3 heterocycles. The fourth-order valence-electron chi connectivity index (χ4n) is 2.86. The summed E-state index contributed by atoms with van der Waals surface area (Å²) in [7, 11) is 0. The molecule has 9 heteroatoms. The largest absolute Gasteiger partial charge is 0.374 e. The van der Waals surface area contributed by atoms with Gasteiger partial charge in [0.2, 0.25) is 0 Å². The van der Waals surface area contributed by atoms with Crippen molar-refractivity contribution in [2.75, 3.05) is 13.2 Å². The van der Waals surface area contributed by atoms with E-state index in [2.05, 4.69) is 20.1 Å². The van der Waals surface area contributed by atoms with Crippen LogP contribution in [0, 0.1) is 0 Å². The van der Waals surface area contributed by atoms with E-state index in [1.807, 2.05) is 6.92 Å². The minimum absolute atomic E-state index is 0.160. The van der Waals surface area contributed by atoms with Gasteiger partial charge in [-0.25, -0.2) is 9.97 Å². The molecule has 2 aromatic heterocycles. The quantitative estimate of drug-likeness (QED) is 0.836. The molecule has 1 saturated heterocycles. The van der Waals surface area contributed by atoms with E-state index in [1.54, 1.807) is 4.90 Å². The molecule has 4 rings (SSSR count). The zero-order valence-corrected chi connectivity index (χ0v) is 13.8. The molecule has 1 amide bonds. The van der Waals surface area contributed by atoms with Crippen molar-refractivity contribution in [3.8, 4) is 0 Å². The third kappa shape index (κ3) is 2.76. The Morgan fingerprint density at radius 3 is 3.00 bits per heavy atom. The summed E-state index contributed by atoms with van der Waals surface area (Å²) in [5.74, 6) is 1.18. The van der Waals surface area contributed by atoms with E-state index in [9.17, 15) is 4.79 Å². The molecule has 1 saturated carbocycles. The molecule has 1 aliphatic heterocycles. The van der Waals surface area contributed by atoms with Crippen LogP contribution in [0.1, 0.15) is 53.9 Å². The molecule has 0 radical (unpaired) electrons. The highest BCUT2D eigenvalue weighted by Gasteiger charge is 2.40. The molecular weight excluding hydrogens is 334 g/mol. The van der Waals surface area contributed by atoms with Gasteiger partial charge in [-0.3, -0.25) is 4.79 Å². The van der Waals surface area contributed by atoms with Crippen molar-refractivity contribution < 1.29 is 14.1 Å². The lowest BCUT2D eigenvalue weighted by Crippen LogP contribution is -2.47. The standard InChI is InChI=1S/C15H16ClN5O3/c1-8-12(14-19-13(20-24-14)9-2-3-9)21(4-5-23-8)15(22)11-10(16)6-17-7-18-11/h6-9,12H,2-5H2,1H3/t8-,12+/m1/s1. The van der Waals surface area contributed by atoms with Crippen LogP contribution in [0.5, 0.6) is 0 Å².